The molecule has 0 spiro atoms. The maximum Gasteiger partial charge on any atom is 0.435 e. The van der Waals surface area contributed by atoms with Crippen LogP contribution in [0.1, 0.15) is 93.9 Å². The third kappa shape index (κ3) is 11.4. The summed E-state index contributed by atoms with van der Waals surface area (Å²) in [6.07, 6.45) is 10.6. The molecule has 0 atom stereocenters. The summed E-state index contributed by atoms with van der Waals surface area (Å²) in [4.78, 5) is 35.1. The summed E-state index contributed by atoms with van der Waals surface area (Å²) < 4.78 is 17.1. The van der Waals surface area contributed by atoms with Crippen molar-refractivity contribution < 1.29 is 33.7 Å². The van der Waals surface area contributed by atoms with Gasteiger partial charge in [0.2, 0.25) is 5.88 Å². The van der Waals surface area contributed by atoms with Crippen molar-refractivity contribution in [2.75, 3.05) is 19.8 Å². The van der Waals surface area contributed by atoms with Crippen LogP contribution in [0.25, 0.3) is 0 Å². The van der Waals surface area contributed by atoms with E-state index in [9.17, 15) is 14.4 Å². The first-order chi connectivity index (χ1) is 18.0. The lowest BCUT2D eigenvalue weighted by molar-refractivity contribution is -0.114. The summed E-state index contributed by atoms with van der Waals surface area (Å²) in [5.41, 5.74) is -0.309. The van der Waals surface area contributed by atoms with Gasteiger partial charge < -0.3 is 19.3 Å². The van der Waals surface area contributed by atoms with Gasteiger partial charge in [-0.3, -0.25) is 9.69 Å². The molecule has 10 nitrogen and oxygen atoms in total. The minimum absolute atomic E-state index is 0.0779. The van der Waals surface area contributed by atoms with Crippen LogP contribution in [0.3, 0.4) is 0 Å². The molecule has 0 bridgehead atoms. The Kier molecular flexibility index (Phi) is 10.8. The molecule has 3 aliphatic rings. The van der Waals surface area contributed by atoms with Crippen LogP contribution in [-0.2, 0) is 14.3 Å². The van der Waals surface area contributed by atoms with Crippen LogP contribution in [0.15, 0.2) is 24.5 Å². The summed E-state index contributed by atoms with van der Waals surface area (Å²) in [6, 6.07) is 1.69. The zero-order valence-electron chi connectivity index (χ0n) is 24.9. The standard InChI is InChI=1S/C14H22N2O3.C9H13NO3.C6H12O/c1-5-14(7-8-14)10-18-11-6-9-16(15-11)12(17)19-13(2,3)4;1-9(2,3)13-8(12)10-5-4-7(11)6-10;1-2-6(5-7)3-4-6/h6,9H,5,7-8,10H2,1-4H3;4-5H,6H2,1-3H3;7H,2-5H2,1H3. The van der Waals surface area contributed by atoms with Crippen molar-refractivity contribution in [3.05, 3.63) is 24.5 Å². The monoisotopic (exact) mass is 549 g/mol. The molecule has 1 aliphatic heterocycles. The van der Waals surface area contributed by atoms with E-state index in [1.54, 1.807) is 33.0 Å². The first kappa shape index (κ1) is 32.3. The van der Waals surface area contributed by atoms with Crippen LogP contribution in [-0.4, -0.2) is 68.7 Å². The van der Waals surface area contributed by atoms with Gasteiger partial charge in [0.1, 0.15) is 11.2 Å². The maximum absolute atomic E-state index is 11.8. The SMILES string of the molecule is CC(C)(C)OC(=O)N1C=CC(=O)C1.CCC1(CO)CC1.CCC1(COc2ccn(C(=O)OC(C)(C)C)n2)CC1. The van der Waals surface area contributed by atoms with Crippen molar-refractivity contribution in [2.45, 2.75) is 105 Å². The molecule has 1 amide bonds. The lowest BCUT2D eigenvalue weighted by Gasteiger charge is -2.22. The van der Waals surface area contributed by atoms with E-state index < -0.39 is 23.4 Å². The molecule has 2 aliphatic carbocycles. The molecule has 39 heavy (non-hydrogen) atoms. The quantitative estimate of drug-likeness (QED) is 0.478. The van der Waals surface area contributed by atoms with Crippen LogP contribution in [0, 0.1) is 10.8 Å². The number of hydrogen-bond donors (Lipinski definition) is 1. The molecular weight excluding hydrogens is 502 g/mol. The normalized spacial score (nSPS) is 18.3. The largest absolute Gasteiger partial charge is 0.476 e. The number of carbonyl (C=O) groups is 3. The second kappa shape index (κ2) is 13.0. The average Bonchev–Trinajstić information content (AvgIpc) is 3.71. The fourth-order valence-electron chi connectivity index (χ4n) is 3.49. The van der Waals surface area contributed by atoms with Gasteiger partial charge in [-0.25, -0.2) is 9.59 Å². The predicted octanol–water partition coefficient (Wildman–Crippen LogP) is 5.72. The maximum atomic E-state index is 11.8. The first-order valence-corrected chi connectivity index (χ1v) is 13.8. The molecule has 10 heteroatoms. The number of hydrogen-bond acceptors (Lipinski definition) is 8. The van der Waals surface area contributed by atoms with E-state index in [1.165, 1.54) is 47.5 Å². The van der Waals surface area contributed by atoms with Crippen molar-refractivity contribution in [1.82, 2.24) is 14.7 Å². The van der Waals surface area contributed by atoms with Crippen molar-refractivity contribution in [2.24, 2.45) is 10.8 Å². The predicted molar refractivity (Wildman–Crippen MR) is 147 cm³/mol. The smallest absolute Gasteiger partial charge is 0.435 e. The van der Waals surface area contributed by atoms with Gasteiger partial charge in [-0.05, 0) is 91.6 Å². The van der Waals surface area contributed by atoms with Crippen LogP contribution in [0.5, 0.6) is 5.88 Å². The molecule has 2 saturated carbocycles. The third-order valence-corrected chi connectivity index (χ3v) is 6.82. The second-order valence-electron chi connectivity index (χ2n) is 12.6. The Morgan fingerprint density at radius 2 is 1.49 bits per heavy atom. The Hall–Kier alpha value is -2.88. The lowest BCUT2D eigenvalue weighted by atomic mass is 10.1. The zero-order chi connectivity index (χ0) is 29.5. The molecule has 2 heterocycles. The molecule has 1 aromatic rings. The average molecular weight is 550 g/mol. The molecule has 0 aromatic carbocycles. The van der Waals surface area contributed by atoms with E-state index in [2.05, 4.69) is 18.9 Å². The Balaban J connectivity index is 0.000000229. The number of aromatic nitrogens is 2. The fourth-order valence-corrected chi connectivity index (χ4v) is 3.49. The van der Waals surface area contributed by atoms with Crippen molar-refractivity contribution in [3.63, 3.8) is 0 Å². The summed E-state index contributed by atoms with van der Waals surface area (Å²) in [5.74, 6) is 0.399. The van der Waals surface area contributed by atoms with Crippen molar-refractivity contribution >= 4 is 18.0 Å². The molecule has 0 radical (unpaired) electrons. The van der Waals surface area contributed by atoms with E-state index in [-0.39, 0.29) is 12.3 Å². The van der Waals surface area contributed by atoms with Gasteiger partial charge in [0.25, 0.3) is 0 Å². The van der Waals surface area contributed by atoms with Gasteiger partial charge in [-0.2, -0.15) is 4.68 Å². The zero-order valence-corrected chi connectivity index (χ0v) is 24.9. The van der Waals surface area contributed by atoms with Crippen LogP contribution in [0.2, 0.25) is 0 Å². The molecule has 0 saturated heterocycles. The molecule has 1 N–H and O–H groups in total. The van der Waals surface area contributed by atoms with Gasteiger partial charge in [-0.15, -0.1) is 5.10 Å². The van der Waals surface area contributed by atoms with Gasteiger partial charge >= 0.3 is 12.2 Å². The van der Waals surface area contributed by atoms with Gasteiger partial charge in [-0.1, -0.05) is 13.8 Å². The molecule has 220 valence electrons. The molecule has 4 rings (SSSR count). The van der Waals surface area contributed by atoms with Crippen molar-refractivity contribution in [1.29, 1.82) is 0 Å². The summed E-state index contributed by atoms with van der Waals surface area (Å²) >= 11 is 0. The highest BCUT2D eigenvalue weighted by Gasteiger charge is 2.41. The van der Waals surface area contributed by atoms with E-state index in [1.807, 2.05) is 20.8 Å². The Bertz CT molecular complexity index is 1000. The first-order valence-electron chi connectivity index (χ1n) is 13.8. The third-order valence-electron chi connectivity index (χ3n) is 6.82. The highest BCUT2D eigenvalue weighted by molar-refractivity contribution is 5.96. The van der Waals surface area contributed by atoms with Gasteiger partial charge in [0, 0.05) is 30.5 Å². The minimum Gasteiger partial charge on any atom is -0.476 e. The molecule has 0 unspecified atom stereocenters. The second-order valence-corrected chi connectivity index (χ2v) is 12.6. The van der Waals surface area contributed by atoms with E-state index in [0.717, 1.165) is 12.8 Å². The topological polar surface area (TPSA) is 120 Å². The lowest BCUT2D eigenvalue weighted by Crippen LogP contribution is -2.33. The number of rotatable bonds is 6. The number of ketones is 1. The molecular formula is C29H47N3O7. The number of ether oxygens (including phenoxy) is 3. The number of amides is 1. The van der Waals surface area contributed by atoms with E-state index in [0.29, 0.717) is 29.9 Å². The van der Waals surface area contributed by atoms with Crippen LogP contribution >= 0.6 is 0 Å². The number of aliphatic hydroxyl groups excluding tert-OH is 1. The Labute approximate surface area is 232 Å². The Morgan fingerprint density at radius 1 is 0.949 bits per heavy atom. The van der Waals surface area contributed by atoms with E-state index >= 15 is 0 Å². The van der Waals surface area contributed by atoms with Crippen molar-refractivity contribution in [3.8, 4) is 5.88 Å². The molecule has 1 aromatic heterocycles. The van der Waals surface area contributed by atoms with Gasteiger partial charge in [0.05, 0.1) is 13.2 Å². The summed E-state index contributed by atoms with van der Waals surface area (Å²) in [6.45, 7) is 16.3. The van der Waals surface area contributed by atoms with Crippen LogP contribution in [0.4, 0.5) is 9.59 Å². The van der Waals surface area contributed by atoms with Crippen LogP contribution < -0.4 is 4.74 Å². The summed E-state index contributed by atoms with van der Waals surface area (Å²) in [5, 5.41) is 12.7. The number of carbonyl (C=O) groups excluding carboxylic acids is 3. The van der Waals surface area contributed by atoms with E-state index in [4.69, 9.17) is 19.3 Å². The summed E-state index contributed by atoms with van der Waals surface area (Å²) in [7, 11) is 0. The van der Waals surface area contributed by atoms with Gasteiger partial charge in [0.15, 0.2) is 5.78 Å². The minimum atomic E-state index is -0.523. The number of aliphatic hydroxyl groups is 1. The fraction of sp³-hybridized carbons (Fsp3) is 0.724. The Morgan fingerprint density at radius 3 is 1.87 bits per heavy atom. The molecule has 2 fully saturated rings. The number of nitrogens with zero attached hydrogens (tertiary/aromatic N) is 3. The highest BCUT2D eigenvalue weighted by atomic mass is 16.6. The highest BCUT2D eigenvalue weighted by Crippen LogP contribution is 2.48.